The first kappa shape index (κ1) is 14.5. The highest BCUT2D eigenvalue weighted by Crippen LogP contribution is 2.35. The van der Waals surface area contributed by atoms with E-state index in [-0.39, 0.29) is 11.7 Å². The van der Waals surface area contributed by atoms with Crippen LogP contribution in [0.4, 0.5) is 0 Å². The molecule has 3 N–H and O–H groups in total. The van der Waals surface area contributed by atoms with Crippen LogP contribution in [0.1, 0.15) is 35.2 Å². The standard InChI is InChI=1S/C16H22N2O3/c17-15(19)14-4-2-1-3-12(14)10-20-13-9-16(21-11-13)5-7-18-8-6-16/h1-4,13,18H,5-11H2,(H2,17,19). The second-order valence-corrected chi connectivity index (χ2v) is 5.90. The first-order valence-electron chi connectivity index (χ1n) is 7.53. The first-order chi connectivity index (χ1) is 10.2. The highest BCUT2D eigenvalue weighted by molar-refractivity contribution is 5.94. The SMILES string of the molecule is NC(=O)c1ccccc1COC1COC2(CCNCC2)C1. The fraction of sp³-hybridized carbons (Fsp3) is 0.562. The van der Waals surface area contributed by atoms with E-state index in [9.17, 15) is 4.79 Å². The third kappa shape index (κ3) is 3.26. The molecule has 3 rings (SSSR count). The molecule has 1 spiro atoms. The van der Waals surface area contributed by atoms with Crippen LogP contribution in [-0.2, 0) is 16.1 Å². The van der Waals surface area contributed by atoms with Crippen LogP contribution < -0.4 is 11.1 Å². The zero-order valence-electron chi connectivity index (χ0n) is 12.1. The molecule has 0 aromatic heterocycles. The summed E-state index contributed by atoms with van der Waals surface area (Å²) in [4.78, 5) is 11.4. The fourth-order valence-corrected chi connectivity index (χ4v) is 3.23. The summed E-state index contributed by atoms with van der Waals surface area (Å²) in [6.07, 6.45) is 3.13. The summed E-state index contributed by atoms with van der Waals surface area (Å²) in [5, 5.41) is 3.36. The Morgan fingerprint density at radius 2 is 2.14 bits per heavy atom. The number of piperidine rings is 1. The highest BCUT2D eigenvalue weighted by Gasteiger charge is 2.41. The van der Waals surface area contributed by atoms with E-state index in [4.69, 9.17) is 15.2 Å². The fourth-order valence-electron chi connectivity index (χ4n) is 3.23. The topological polar surface area (TPSA) is 73.6 Å². The van der Waals surface area contributed by atoms with Crippen molar-refractivity contribution in [2.75, 3.05) is 19.7 Å². The van der Waals surface area contributed by atoms with Crippen molar-refractivity contribution < 1.29 is 14.3 Å². The van der Waals surface area contributed by atoms with Crippen LogP contribution in [0, 0.1) is 0 Å². The lowest BCUT2D eigenvalue weighted by Crippen LogP contribution is -2.41. The Balaban J connectivity index is 1.58. The Bertz CT molecular complexity index is 512. The number of amides is 1. The van der Waals surface area contributed by atoms with Gasteiger partial charge < -0.3 is 20.5 Å². The molecule has 2 fully saturated rings. The van der Waals surface area contributed by atoms with Crippen LogP contribution in [0.25, 0.3) is 0 Å². The number of carbonyl (C=O) groups is 1. The molecular weight excluding hydrogens is 268 g/mol. The zero-order valence-corrected chi connectivity index (χ0v) is 12.1. The number of hydrogen-bond donors (Lipinski definition) is 2. The summed E-state index contributed by atoms with van der Waals surface area (Å²) in [5.74, 6) is -0.410. The second kappa shape index (κ2) is 6.13. The van der Waals surface area contributed by atoms with Gasteiger partial charge in [-0.15, -0.1) is 0 Å². The van der Waals surface area contributed by atoms with Crippen LogP contribution in [0.3, 0.4) is 0 Å². The van der Waals surface area contributed by atoms with Crippen molar-refractivity contribution in [1.82, 2.24) is 5.32 Å². The summed E-state index contributed by atoms with van der Waals surface area (Å²) >= 11 is 0. The van der Waals surface area contributed by atoms with Crippen LogP contribution in [-0.4, -0.2) is 37.3 Å². The summed E-state index contributed by atoms with van der Waals surface area (Å²) in [6.45, 7) is 3.06. The van der Waals surface area contributed by atoms with Gasteiger partial charge in [-0.1, -0.05) is 18.2 Å². The van der Waals surface area contributed by atoms with Gasteiger partial charge in [0, 0.05) is 12.0 Å². The molecule has 5 heteroatoms. The van der Waals surface area contributed by atoms with Gasteiger partial charge >= 0.3 is 0 Å². The Kier molecular flexibility index (Phi) is 4.24. The van der Waals surface area contributed by atoms with E-state index in [1.165, 1.54) is 0 Å². The lowest BCUT2D eigenvalue weighted by atomic mass is 9.89. The van der Waals surface area contributed by atoms with Gasteiger partial charge in [-0.3, -0.25) is 4.79 Å². The average Bonchev–Trinajstić information content (AvgIpc) is 2.89. The van der Waals surface area contributed by atoms with E-state index in [2.05, 4.69) is 5.32 Å². The van der Waals surface area contributed by atoms with Crippen LogP contribution in [0.5, 0.6) is 0 Å². The Morgan fingerprint density at radius 3 is 2.90 bits per heavy atom. The second-order valence-electron chi connectivity index (χ2n) is 5.90. The Morgan fingerprint density at radius 1 is 1.38 bits per heavy atom. The number of carbonyl (C=O) groups excluding carboxylic acids is 1. The van der Waals surface area contributed by atoms with E-state index in [1.807, 2.05) is 18.2 Å². The molecule has 21 heavy (non-hydrogen) atoms. The van der Waals surface area contributed by atoms with Gasteiger partial charge in [0.15, 0.2) is 0 Å². The predicted molar refractivity (Wildman–Crippen MR) is 78.9 cm³/mol. The number of primary amides is 1. The largest absolute Gasteiger partial charge is 0.372 e. The van der Waals surface area contributed by atoms with Crippen LogP contribution in [0.15, 0.2) is 24.3 Å². The third-order valence-electron chi connectivity index (χ3n) is 4.45. The number of nitrogens with one attached hydrogen (secondary N) is 1. The third-order valence-corrected chi connectivity index (χ3v) is 4.45. The molecular formula is C16H22N2O3. The van der Waals surface area contributed by atoms with E-state index >= 15 is 0 Å². The molecule has 0 saturated carbocycles. The minimum absolute atomic E-state index is 0.000872. The summed E-state index contributed by atoms with van der Waals surface area (Å²) < 4.78 is 12.0. The maximum Gasteiger partial charge on any atom is 0.249 e. The number of nitrogens with two attached hydrogens (primary N) is 1. The van der Waals surface area contributed by atoms with Crippen LogP contribution in [0.2, 0.25) is 0 Å². The molecule has 0 bridgehead atoms. The van der Waals surface area contributed by atoms with Crippen molar-refractivity contribution in [3.63, 3.8) is 0 Å². The molecule has 2 saturated heterocycles. The minimum atomic E-state index is -0.410. The summed E-state index contributed by atoms with van der Waals surface area (Å²) in [7, 11) is 0. The van der Waals surface area contributed by atoms with E-state index in [1.54, 1.807) is 6.07 Å². The highest BCUT2D eigenvalue weighted by atomic mass is 16.6. The first-order valence-corrected chi connectivity index (χ1v) is 7.53. The Labute approximate surface area is 124 Å². The van der Waals surface area contributed by atoms with Crippen molar-refractivity contribution in [1.29, 1.82) is 0 Å². The molecule has 2 aliphatic rings. The molecule has 2 heterocycles. The van der Waals surface area contributed by atoms with Crippen molar-refractivity contribution in [2.24, 2.45) is 5.73 Å². The number of hydrogen-bond acceptors (Lipinski definition) is 4. The maximum atomic E-state index is 11.4. The molecule has 5 nitrogen and oxygen atoms in total. The zero-order chi connectivity index (χ0) is 14.7. The molecule has 0 aliphatic carbocycles. The van der Waals surface area contributed by atoms with Gasteiger partial charge in [-0.2, -0.15) is 0 Å². The van der Waals surface area contributed by atoms with Crippen molar-refractivity contribution in [2.45, 2.75) is 37.6 Å². The van der Waals surface area contributed by atoms with Gasteiger partial charge in [0.25, 0.3) is 0 Å². The number of benzene rings is 1. The molecule has 1 aromatic carbocycles. The predicted octanol–water partition coefficient (Wildman–Crippen LogP) is 1.21. The number of rotatable bonds is 4. The molecule has 1 unspecified atom stereocenters. The lowest BCUT2D eigenvalue weighted by molar-refractivity contribution is -0.0241. The maximum absolute atomic E-state index is 11.4. The van der Waals surface area contributed by atoms with Crippen LogP contribution >= 0.6 is 0 Å². The molecule has 2 aliphatic heterocycles. The van der Waals surface area contributed by atoms with Crippen molar-refractivity contribution >= 4 is 5.91 Å². The average molecular weight is 290 g/mol. The van der Waals surface area contributed by atoms with E-state index in [0.29, 0.717) is 18.8 Å². The van der Waals surface area contributed by atoms with Gasteiger partial charge in [0.1, 0.15) is 0 Å². The van der Waals surface area contributed by atoms with E-state index in [0.717, 1.165) is 37.9 Å². The van der Waals surface area contributed by atoms with Crippen molar-refractivity contribution in [3.05, 3.63) is 35.4 Å². The smallest absolute Gasteiger partial charge is 0.249 e. The number of ether oxygens (including phenoxy) is 2. The van der Waals surface area contributed by atoms with Gasteiger partial charge in [0.2, 0.25) is 5.91 Å². The van der Waals surface area contributed by atoms with Gasteiger partial charge in [-0.25, -0.2) is 0 Å². The Hall–Kier alpha value is -1.43. The molecule has 0 radical (unpaired) electrons. The quantitative estimate of drug-likeness (QED) is 0.874. The minimum Gasteiger partial charge on any atom is -0.372 e. The molecule has 114 valence electrons. The monoisotopic (exact) mass is 290 g/mol. The normalized spacial score (nSPS) is 24.3. The van der Waals surface area contributed by atoms with Gasteiger partial charge in [0.05, 0.1) is 24.9 Å². The lowest BCUT2D eigenvalue weighted by Gasteiger charge is -2.32. The van der Waals surface area contributed by atoms with E-state index < -0.39 is 5.91 Å². The summed E-state index contributed by atoms with van der Waals surface area (Å²) in [6, 6.07) is 7.33. The van der Waals surface area contributed by atoms with Gasteiger partial charge in [-0.05, 0) is 37.6 Å². The summed E-state index contributed by atoms with van der Waals surface area (Å²) in [5.41, 5.74) is 6.76. The molecule has 1 amide bonds. The van der Waals surface area contributed by atoms with Crippen molar-refractivity contribution in [3.8, 4) is 0 Å². The molecule has 1 aromatic rings. The molecule has 1 atom stereocenters.